The molecule has 0 N–H and O–H groups in total. The molecule has 3 aromatic heterocycles. The average Bonchev–Trinajstić information content (AvgIpc) is 3.20. The molecule has 5 nitrogen and oxygen atoms in total. The number of benzene rings is 3. The second-order valence-corrected chi connectivity index (χ2v) is 7.69. The molecule has 0 amide bonds. The van der Waals surface area contributed by atoms with Crippen LogP contribution in [0.1, 0.15) is 5.56 Å². The molecule has 0 aliphatic carbocycles. The Bertz CT molecular complexity index is 1610. The molecule has 6 rings (SSSR count). The van der Waals surface area contributed by atoms with Crippen molar-refractivity contribution in [1.82, 2.24) is 19.5 Å². The van der Waals surface area contributed by atoms with E-state index in [2.05, 4.69) is 51.4 Å². The van der Waals surface area contributed by atoms with E-state index < -0.39 is 0 Å². The predicted molar refractivity (Wildman–Crippen MR) is 129 cm³/mol. The van der Waals surface area contributed by atoms with Crippen molar-refractivity contribution in [3.63, 3.8) is 0 Å². The van der Waals surface area contributed by atoms with Crippen molar-refractivity contribution in [3.8, 4) is 28.7 Å². The van der Waals surface area contributed by atoms with Crippen LogP contribution >= 0.6 is 0 Å². The van der Waals surface area contributed by atoms with Gasteiger partial charge >= 0.3 is 21.1 Å². The van der Waals surface area contributed by atoms with Crippen LogP contribution in [0.5, 0.6) is 11.6 Å². The number of hydrogen-bond donors (Lipinski definition) is 0. The molecule has 6 heteroatoms. The van der Waals surface area contributed by atoms with Gasteiger partial charge in [0, 0.05) is 35.4 Å². The zero-order valence-corrected chi connectivity index (χ0v) is 20.4. The van der Waals surface area contributed by atoms with Crippen LogP contribution in [0, 0.1) is 19.1 Å². The van der Waals surface area contributed by atoms with Crippen LogP contribution in [0.2, 0.25) is 0 Å². The molecule has 0 aliphatic rings. The summed E-state index contributed by atoms with van der Waals surface area (Å²) in [5.41, 5.74) is 4.72. The molecule has 0 saturated heterocycles. The Kier molecular flexibility index (Phi) is 5.95. The van der Waals surface area contributed by atoms with Gasteiger partial charge in [0.15, 0.2) is 0 Å². The van der Waals surface area contributed by atoms with Gasteiger partial charge in [-0.3, -0.25) is 4.57 Å². The maximum Gasteiger partial charge on any atom is 2.00 e. The first-order chi connectivity index (χ1) is 16.3. The van der Waals surface area contributed by atoms with Crippen molar-refractivity contribution in [2.45, 2.75) is 6.92 Å². The molecular formula is C28H18N4OPt. The van der Waals surface area contributed by atoms with Gasteiger partial charge in [-0.25, -0.2) is 26.1 Å². The topological polar surface area (TPSA) is 52.8 Å². The normalized spacial score (nSPS) is 10.9. The monoisotopic (exact) mass is 621 g/mol. The third-order valence-electron chi connectivity index (χ3n) is 5.56. The molecule has 0 spiro atoms. The first kappa shape index (κ1) is 22.0. The van der Waals surface area contributed by atoms with Crippen molar-refractivity contribution >= 4 is 21.8 Å². The maximum atomic E-state index is 5.99. The van der Waals surface area contributed by atoms with E-state index in [1.807, 2.05) is 60.0 Å². The van der Waals surface area contributed by atoms with Crippen LogP contribution in [0.4, 0.5) is 0 Å². The Morgan fingerprint density at radius 2 is 1.50 bits per heavy atom. The van der Waals surface area contributed by atoms with E-state index in [-0.39, 0.29) is 21.1 Å². The smallest absolute Gasteiger partial charge is 0.460 e. The van der Waals surface area contributed by atoms with Gasteiger partial charge in [-0.2, -0.15) is 24.3 Å². The average molecular weight is 622 g/mol. The molecular weight excluding hydrogens is 603 g/mol. The van der Waals surface area contributed by atoms with Crippen molar-refractivity contribution in [2.24, 2.45) is 0 Å². The van der Waals surface area contributed by atoms with E-state index in [4.69, 9.17) is 4.74 Å². The zero-order valence-electron chi connectivity index (χ0n) is 18.2. The Labute approximate surface area is 211 Å². The zero-order chi connectivity index (χ0) is 22.2. The SMILES string of the molecule is Cc1cccnc1Oc1[c-]c(-c2[c-]c3c(cc2)c2ccccc2n3-c2ncccn2)ccc1.[Pt+2]. The van der Waals surface area contributed by atoms with Crippen molar-refractivity contribution in [3.05, 3.63) is 109 Å². The number of hydrogen-bond acceptors (Lipinski definition) is 4. The van der Waals surface area contributed by atoms with Gasteiger partial charge in [0.05, 0.1) is 0 Å². The predicted octanol–water partition coefficient (Wildman–Crippen LogP) is 6.33. The van der Waals surface area contributed by atoms with Gasteiger partial charge in [-0.1, -0.05) is 29.7 Å². The van der Waals surface area contributed by atoms with E-state index in [1.165, 1.54) is 0 Å². The minimum atomic E-state index is 0. The summed E-state index contributed by atoms with van der Waals surface area (Å²) in [5, 5.41) is 2.23. The molecule has 0 bridgehead atoms. The van der Waals surface area contributed by atoms with Crippen LogP contribution in [-0.4, -0.2) is 19.5 Å². The van der Waals surface area contributed by atoms with Crippen molar-refractivity contribution in [2.75, 3.05) is 0 Å². The summed E-state index contributed by atoms with van der Waals surface area (Å²) >= 11 is 0. The third kappa shape index (κ3) is 3.89. The molecule has 3 heterocycles. The van der Waals surface area contributed by atoms with Gasteiger partial charge in [0.1, 0.15) is 0 Å². The van der Waals surface area contributed by atoms with E-state index in [0.717, 1.165) is 38.5 Å². The summed E-state index contributed by atoms with van der Waals surface area (Å²) in [7, 11) is 0. The molecule has 0 aliphatic heterocycles. The van der Waals surface area contributed by atoms with Gasteiger partial charge in [-0.15, -0.1) is 18.2 Å². The Morgan fingerprint density at radius 1 is 0.706 bits per heavy atom. The number of pyridine rings is 1. The summed E-state index contributed by atoms with van der Waals surface area (Å²) in [6.07, 6.45) is 5.22. The number of rotatable bonds is 4. The Morgan fingerprint density at radius 3 is 2.35 bits per heavy atom. The van der Waals surface area contributed by atoms with Crippen molar-refractivity contribution in [1.29, 1.82) is 0 Å². The molecule has 34 heavy (non-hydrogen) atoms. The van der Waals surface area contributed by atoms with Crippen LogP contribution in [0.3, 0.4) is 0 Å². The maximum absolute atomic E-state index is 5.99. The summed E-state index contributed by atoms with van der Waals surface area (Å²) in [6.45, 7) is 1.97. The molecule has 0 atom stereocenters. The minimum Gasteiger partial charge on any atom is -0.460 e. The van der Waals surface area contributed by atoms with Crippen LogP contribution in [0.25, 0.3) is 38.9 Å². The Balaban J connectivity index is 0.00000241. The fourth-order valence-electron chi connectivity index (χ4n) is 4.01. The van der Waals surface area contributed by atoms with Crippen LogP contribution < -0.4 is 4.74 Å². The Hall–Kier alpha value is -3.82. The molecule has 0 unspecified atom stereocenters. The molecule has 0 fully saturated rings. The van der Waals surface area contributed by atoms with E-state index >= 15 is 0 Å². The molecule has 0 saturated carbocycles. The summed E-state index contributed by atoms with van der Waals surface area (Å²) in [5.74, 6) is 1.80. The van der Waals surface area contributed by atoms with Crippen LogP contribution in [-0.2, 0) is 21.1 Å². The number of ether oxygens (including phenoxy) is 1. The fourth-order valence-corrected chi connectivity index (χ4v) is 4.01. The fraction of sp³-hybridized carbons (Fsp3) is 0.0357. The van der Waals surface area contributed by atoms with Gasteiger partial charge in [-0.05, 0) is 36.0 Å². The molecule has 3 aromatic carbocycles. The van der Waals surface area contributed by atoms with Crippen molar-refractivity contribution < 1.29 is 25.8 Å². The number of nitrogens with zero attached hydrogens (tertiary/aromatic N) is 4. The second-order valence-electron chi connectivity index (χ2n) is 7.69. The summed E-state index contributed by atoms with van der Waals surface area (Å²) < 4.78 is 8.04. The van der Waals surface area contributed by atoms with Gasteiger partial charge in [0.2, 0.25) is 11.8 Å². The number of aryl methyl sites for hydroxylation is 1. The third-order valence-corrected chi connectivity index (χ3v) is 5.56. The number of para-hydroxylation sites is 1. The molecule has 0 radical (unpaired) electrons. The van der Waals surface area contributed by atoms with Gasteiger partial charge < -0.3 is 4.74 Å². The standard InChI is InChI=1S/C28H18N4O.Pt/c1-19-7-5-14-29-27(19)33-22-9-4-8-20(17-22)21-12-13-24-23-10-2-3-11-25(23)32(26(24)18-21)28-30-15-6-16-31-28;/h2-16H,1H3;/q-2;+2. The van der Waals surface area contributed by atoms with Gasteiger partial charge in [0.25, 0.3) is 0 Å². The quantitative estimate of drug-likeness (QED) is 0.216. The second kappa shape index (κ2) is 9.20. The van der Waals surface area contributed by atoms with Crippen LogP contribution in [0.15, 0.2) is 91.4 Å². The largest absolute Gasteiger partial charge is 2.00 e. The van der Waals surface area contributed by atoms with E-state index in [0.29, 0.717) is 17.6 Å². The summed E-state index contributed by atoms with van der Waals surface area (Å²) in [6, 6.07) is 30.9. The molecule has 6 aromatic rings. The summed E-state index contributed by atoms with van der Waals surface area (Å²) in [4.78, 5) is 13.3. The number of aromatic nitrogens is 4. The first-order valence-electron chi connectivity index (χ1n) is 10.6. The molecule has 166 valence electrons. The first-order valence-corrected chi connectivity index (χ1v) is 10.6. The van der Waals surface area contributed by atoms with E-state index in [9.17, 15) is 0 Å². The minimum absolute atomic E-state index is 0. The van der Waals surface area contributed by atoms with E-state index in [1.54, 1.807) is 18.6 Å². The number of fused-ring (bicyclic) bond motifs is 3.